The summed E-state index contributed by atoms with van der Waals surface area (Å²) in [7, 11) is 0. The van der Waals surface area contributed by atoms with E-state index in [1.54, 1.807) is 0 Å². The van der Waals surface area contributed by atoms with Crippen molar-refractivity contribution in [2.75, 3.05) is 0 Å². The van der Waals surface area contributed by atoms with Crippen molar-refractivity contribution in [2.45, 2.75) is 43.9 Å². The van der Waals surface area contributed by atoms with Gasteiger partial charge in [-0.05, 0) is 24.8 Å². The minimum absolute atomic E-state index is 0.325. The molecule has 1 aromatic rings. The van der Waals surface area contributed by atoms with Gasteiger partial charge in [-0.15, -0.1) is 6.58 Å². The van der Waals surface area contributed by atoms with E-state index in [1.165, 1.54) is 17.7 Å². The van der Waals surface area contributed by atoms with Crippen molar-refractivity contribution in [2.24, 2.45) is 4.99 Å². The van der Waals surface area contributed by atoms with E-state index < -0.39 is 0 Å². The Labute approximate surface area is 108 Å². The summed E-state index contributed by atoms with van der Waals surface area (Å²) in [6, 6.07) is 10.5. The molecule has 94 valence electrons. The SMILES string of the molecule is C=CC[C@]12CCC[C@H](CC(c3ccccc3)=N1)O2. The fourth-order valence-corrected chi connectivity index (χ4v) is 3.00. The van der Waals surface area contributed by atoms with E-state index in [1.807, 2.05) is 12.1 Å². The molecule has 2 aliphatic heterocycles. The molecular formula is C16H19NO. The first-order valence-corrected chi connectivity index (χ1v) is 6.74. The Morgan fingerprint density at radius 3 is 3.00 bits per heavy atom. The van der Waals surface area contributed by atoms with Crippen LogP contribution in [0, 0.1) is 0 Å². The van der Waals surface area contributed by atoms with Crippen LogP contribution in [0.3, 0.4) is 0 Å². The standard InChI is InChI=1S/C16H19NO/c1-2-10-16-11-6-9-14(18-16)12-15(17-16)13-7-4-3-5-8-13/h2-5,7-8,14H,1,6,9-12H2/t14-,16+/m1/s1. The number of ether oxygens (including phenoxy) is 1. The highest BCUT2D eigenvalue weighted by molar-refractivity contribution is 6.01. The van der Waals surface area contributed by atoms with E-state index in [-0.39, 0.29) is 5.72 Å². The molecule has 1 saturated heterocycles. The lowest BCUT2D eigenvalue weighted by molar-refractivity contribution is -0.126. The monoisotopic (exact) mass is 241 g/mol. The summed E-state index contributed by atoms with van der Waals surface area (Å²) in [5.74, 6) is 0. The number of hydrogen-bond acceptors (Lipinski definition) is 2. The zero-order chi connectivity index (χ0) is 12.4. The maximum Gasteiger partial charge on any atom is 0.163 e. The Morgan fingerprint density at radius 2 is 2.22 bits per heavy atom. The summed E-state index contributed by atoms with van der Waals surface area (Å²) >= 11 is 0. The topological polar surface area (TPSA) is 21.6 Å². The molecule has 0 N–H and O–H groups in total. The summed E-state index contributed by atoms with van der Waals surface area (Å²) in [6.45, 7) is 3.85. The molecule has 0 radical (unpaired) electrons. The van der Waals surface area contributed by atoms with Crippen LogP contribution in [0.1, 0.15) is 37.7 Å². The van der Waals surface area contributed by atoms with Crippen molar-refractivity contribution in [3.63, 3.8) is 0 Å². The largest absolute Gasteiger partial charge is 0.350 e. The first-order valence-electron chi connectivity index (χ1n) is 6.74. The molecule has 0 saturated carbocycles. The van der Waals surface area contributed by atoms with Crippen LogP contribution in [0.4, 0.5) is 0 Å². The minimum Gasteiger partial charge on any atom is -0.350 e. The maximum atomic E-state index is 6.14. The van der Waals surface area contributed by atoms with Crippen LogP contribution >= 0.6 is 0 Å². The zero-order valence-electron chi connectivity index (χ0n) is 10.6. The zero-order valence-corrected chi connectivity index (χ0v) is 10.6. The van der Waals surface area contributed by atoms with E-state index in [2.05, 4.69) is 30.8 Å². The van der Waals surface area contributed by atoms with Gasteiger partial charge in [0.1, 0.15) is 0 Å². The van der Waals surface area contributed by atoms with E-state index in [4.69, 9.17) is 9.73 Å². The van der Waals surface area contributed by atoms with Gasteiger partial charge in [0.15, 0.2) is 5.72 Å². The van der Waals surface area contributed by atoms with Gasteiger partial charge in [-0.3, -0.25) is 4.99 Å². The fourth-order valence-electron chi connectivity index (χ4n) is 3.00. The van der Waals surface area contributed by atoms with Crippen molar-refractivity contribution in [1.29, 1.82) is 0 Å². The van der Waals surface area contributed by atoms with Gasteiger partial charge in [-0.25, -0.2) is 0 Å². The molecule has 1 fully saturated rings. The third-order valence-electron chi connectivity index (χ3n) is 3.81. The van der Waals surface area contributed by atoms with E-state index in [9.17, 15) is 0 Å². The molecule has 0 unspecified atom stereocenters. The minimum atomic E-state index is -0.325. The normalized spacial score (nSPS) is 30.7. The van der Waals surface area contributed by atoms with Gasteiger partial charge in [0.2, 0.25) is 0 Å². The number of benzene rings is 1. The summed E-state index contributed by atoms with van der Waals surface area (Å²) < 4.78 is 6.14. The maximum absolute atomic E-state index is 6.14. The Hall–Kier alpha value is -1.41. The van der Waals surface area contributed by atoms with Crippen molar-refractivity contribution in [3.05, 3.63) is 48.6 Å². The molecule has 2 heteroatoms. The lowest BCUT2D eigenvalue weighted by Gasteiger charge is -2.42. The Morgan fingerprint density at radius 1 is 1.39 bits per heavy atom. The highest BCUT2D eigenvalue weighted by atomic mass is 16.5. The van der Waals surface area contributed by atoms with Crippen LogP contribution in [0.2, 0.25) is 0 Å². The molecule has 2 heterocycles. The number of hydrogen-bond donors (Lipinski definition) is 0. The Kier molecular flexibility index (Phi) is 3.04. The van der Waals surface area contributed by atoms with Gasteiger partial charge in [0.05, 0.1) is 6.10 Å². The van der Waals surface area contributed by atoms with Gasteiger partial charge in [0.25, 0.3) is 0 Å². The molecule has 0 spiro atoms. The number of rotatable bonds is 3. The van der Waals surface area contributed by atoms with E-state index >= 15 is 0 Å². The highest BCUT2D eigenvalue weighted by Crippen LogP contribution is 2.39. The molecule has 2 aliphatic rings. The highest BCUT2D eigenvalue weighted by Gasteiger charge is 2.40. The van der Waals surface area contributed by atoms with Crippen molar-refractivity contribution in [1.82, 2.24) is 0 Å². The average molecular weight is 241 g/mol. The second kappa shape index (κ2) is 4.69. The van der Waals surface area contributed by atoms with Crippen LogP contribution in [-0.4, -0.2) is 17.5 Å². The number of fused-ring (bicyclic) bond motifs is 2. The van der Waals surface area contributed by atoms with Gasteiger partial charge >= 0.3 is 0 Å². The number of nitrogens with zero attached hydrogens (tertiary/aromatic N) is 1. The molecule has 2 bridgehead atoms. The molecule has 2 atom stereocenters. The molecule has 0 amide bonds. The summed E-state index contributed by atoms with van der Waals surface area (Å²) in [4.78, 5) is 4.92. The lowest BCUT2D eigenvalue weighted by atomic mass is 9.89. The quantitative estimate of drug-likeness (QED) is 0.739. The average Bonchev–Trinajstić information content (AvgIpc) is 2.39. The van der Waals surface area contributed by atoms with Crippen LogP contribution < -0.4 is 0 Å². The lowest BCUT2D eigenvalue weighted by Crippen LogP contribution is -2.44. The van der Waals surface area contributed by atoms with Crippen molar-refractivity contribution < 1.29 is 4.74 Å². The van der Waals surface area contributed by atoms with Gasteiger partial charge in [-0.1, -0.05) is 36.4 Å². The van der Waals surface area contributed by atoms with Crippen LogP contribution in [0.25, 0.3) is 0 Å². The molecule has 18 heavy (non-hydrogen) atoms. The molecule has 3 rings (SSSR count). The van der Waals surface area contributed by atoms with E-state index in [0.29, 0.717) is 6.10 Å². The van der Waals surface area contributed by atoms with Crippen LogP contribution in [0.15, 0.2) is 48.0 Å². The predicted octanol–water partition coefficient (Wildman–Crippen LogP) is 3.72. The van der Waals surface area contributed by atoms with Crippen LogP contribution in [0.5, 0.6) is 0 Å². The predicted molar refractivity (Wildman–Crippen MR) is 73.9 cm³/mol. The first kappa shape index (κ1) is 11.7. The van der Waals surface area contributed by atoms with Gasteiger partial charge in [-0.2, -0.15) is 0 Å². The Balaban J connectivity index is 1.97. The third kappa shape index (κ3) is 2.13. The summed E-state index contributed by atoms with van der Waals surface area (Å²) in [5.41, 5.74) is 2.11. The van der Waals surface area contributed by atoms with Crippen molar-refractivity contribution in [3.8, 4) is 0 Å². The summed E-state index contributed by atoms with van der Waals surface area (Å²) in [5, 5.41) is 0. The van der Waals surface area contributed by atoms with Crippen LogP contribution in [-0.2, 0) is 4.74 Å². The third-order valence-corrected chi connectivity index (χ3v) is 3.81. The van der Waals surface area contributed by atoms with Gasteiger partial charge in [0, 0.05) is 18.6 Å². The molecule has 1 aromatic carbocycles. The van der Waals surface area contributed by atoms with Crippen molar-refractivity contribution >= 4 is 5.71 Å². The molecule has 0 aromatic heterocycles. The van der Waals surface area contributed by atoms with Gasteiger partial charge < -0.3 is 4.74 Å². The second-order valence-corrected chi connectivity index (χ2v) is 5.20. The molecule has 2 nitrogen and oxygen atoms in total. The fraction of sp³-hybridized carbons (Fsp3) is 0.438. The van der Waals surface area contributed by atoms with E-state index in [0.717, 1.165) is 25.7 Å². The smallest absolute Gasteiger partial charge is 0.163 e. The molecular weight excluding hydrogens is 222 g/mol. The Bertz CT molecular complexity index is 465. The molecule has 0 aliphatic carbocycles. The second-order valence-electron chi connectivity index (χ2n) is 5.20. The first-order chi connectivity index (χ1) is 8.81. The summed E-state index contributed by atoms with van der Waals surface area (Å²) in [6.07, 6.45) is 7.43. The number of aliphatic imine (C=N–C) groups is 1.